The third-order valence-corrected chi connectivity index (χ3v) is 3.78. The van der Waals surface area contributed by atoms with E-state index in [4.69, 9.17) is 21.1 Å². The van der Waals surface area contributed by atoms with Crippen LogP contribution in [0.15, 0.2) is 24.3 Å². The summed E-state index contributed by atoms with van der Waals surface area (Å²) >= 11 is 5.80. The summed E-state index contributed by atoms with van der Waals surface area (Å²) in [5, 5.41) is 3.38. The highest BCUT2D eigenvalue weighted by Crippen LogP contribution is 2.19. The van der Waals surface area contributed by atoms with Crippen LogP contribution in [-0.2, 0) is 4.74 Å². The molecular formula is C17H19ClN2O4. The van der Waals surface area contributed by atoms with Crippen molar-refractivity contribution in [1.29, 1.82) is 0 Å². The highest BCUT2D eigenvalue weighted by atomic mass is 35.5. The number of H-pyrrole nitrogens is 1. The SMILES string of the molecule is COC(=O)c1c(C)[nH]c(C(=O)NCCOc2ccc(Cl)cc2)c1C. The van der Waals surface area contributed by atoms with Crippen molar-refractivity contribution < 1.29 is 19.1 Å². The number of benzene rings is 1. The second-order valence-corrected chi connectivity index (χ2v) is 5.61. The predicted molar refractivity (Wildman–Crippen MR) is 90.9 cm³/mol. The molecule has 1 heterocycles. The number of hydrogen-bond donors (Lipinski definition) is 2. The van der Waals surface area contributed by atoms with Gasteiger partial charge in [-0.15, -0.1) is 0 Å². The molecule has 2 N–H and O–H groups in total. The Hall–Kier alpha value is -2.47. The lowest BCUT2D eigenvalue weighted by Crippen LogP contribution is -2.29. The van der Waals surface area contributed by atoms with Gasteiger partial charge in [-0.05, 0) is 43.7 Å². The molecule has 0 bridgehead atoms. The van der Waals surface area contributed by atoms with Gasteiger partial charge in [0.15, 0.2) is 0 Å². The minimum atomic E-state index is -0.466. The van der Waals surface area contributed by atoms with Crippen LogP contribution in [0.5, 0.6) is 5.75 Å². The second-order valence-electron chi connectivity index (χ2n) is 5.17. The van der Waals surface area contributed by atoms with Crippen LogP contribution in [-0.4, -0.2) is 37.1 Å². The zero-order valence-corrected chi connectivity index (χ0v) is 14.5. The first kappa shape index (κ1) is 17.9. The van der Waals surface area contributed by atoms with E-state index in [2.05, 4.69) is 10.3 Å². The number of methoxy groups -OCH3 is 1. The standard InChI is InChI=1S/C17H19ClN2O4/c1-10-14(17(22)23-3)11(2)20-15(10)16(21)19-8-9-24-13-6-4-12(18)5-7-13/h4-7,20H,8-9H2,1-3H3,(H,19,21). The number of amides is 1. The molecule has 0 radical (unpaired) electrons. The van der Waals surface area contributed by atoms with Gasteiger partial charge in [0, 0.05) is 10.7 Å². The van der Waals surface area contributed by atoms with Gasteiger partial charge in [0.05, 0.1) is 19.2 Å². The molecule has 1 aromatic carbocycles. The number of halogens is 1. The molecule has 0 saturated heterocycles. The van der Waals surface area contributed by atoms with E-state index in [0.29, 0.717) is 46.4 Å². The van der Waals surface area contributed by atoms with Gasteiger partial charge in [0.1, 0.15) is 18.1 Å². The molecule has 0 unspecified atom stereocenters. The quantitative estimate of drug-likeness (QED) is 0.620. The first-order valence-corrected chi connectivity index (χ1v) is 7.76. The number of hydrogen-bond acceptors (Lipinski definition) is 4. The highest BCUT2D eigenvalue weighted by molar-refractivity contribution is 6.30. The first-order valence-electron chi connectivity index (χ1n) is 7.38. The average Bonchev–Trinajstić information content (AvgIpc) is 2.87. The van der Waals surface area contributed by atoms with Crippen molar-refractivity contribution in [2.45, 2.75) is 13.8 Å². The molecule has 128 valence electrons. The fraction of sp³-hybridized carbons (Fsp3) is 0.294. The first-order chi connectivity index (χ1) is 11.4. The third kappa shape index (κ3) is 4.08. The largest absolute Gasteiger partial charge is 0.492 e. The monoisotopic (exact) mass is 350 g/mol. The maximum Gasteiger partial charge on any atom is 0.339 e. The predicted octanol–water partition coefficient (Wildman–Crippen LogP) is 2.88. The lowest BCUT2D eigenvalue weighted by atomic mass is 10.1. The second kappa shape index (κ2) is 7.88. The molecule has 24 heavy (non-hydrogen) atoms. The van der Waals surface area contributed by atoms with Gasteiger partial charge in [-0.25, -0.2) is 4.79 Å². The molecule has 0 aliphatic rings. The van der Waals surface area contributed by atoms with E-state index in [1.165, 1.54) is 7.11 Å². The Morgan fingerprint density at radius 2 is 1.88 bits per heavy atom. The summed E-state index contributed by atoms with van der Waals surface area (Å²) in [6.07, 6.45) is 0. The number of nitrogens with one attached hydrogen (secondary N) is 2. The molecule has 2 rings (SSSR count). The number of esters is 1. The number of aryl methyl sites for hydroxylation is 1. The molecule has 0 fully saturated rings. The molecule has 6 nitrogen and oxygen atoms in total. The van der Waals surface area contributed by atoms with Crippen LogP contribution in [0.4, 0.5) is 0 Å². The number of rotatable bonds is 6. The molecule has 0 spiro atoms. The van der Waals surface area contributed by atoms with E-state index in [9.17, 15) is 9.59 Å². The molecule has 7 heteroatoms. The number of carbonyl (C=O) groups is 2. The maximum atomic E-state index is 12.2. The van der Waals surface area contributed by atoms with Crippen molar-refractivity contribution in [2.75, 3.05) is 20.3 Å². The van der Waals surface area contributed by atoms with Gasteiger partial charge < -0.3 is 19.8 Å². The Morgan fingerprint density at radius 1 is 1.21 bits per heavy atom. The molecular weight excluding hydrogens is 332 g/mol. The average molecular weight is 351 g/mol. The highest BCUT2D eigenvalue weighted by Gasteiger charge is 2.22. The van der Waals surface area contributed by atoms with Gasteiger partial charge in [0.25, 0.3) is 5.91 Å². The summed E-state index contributed by atoms with van der Waals surface area (Å²) in [6, 6.07) is 6.97. The number of aromatic nitrogens is 1. The molecule has 0 saturated carbocycles. The van der Waals surface area contributed by atoms with Crippen molar-refractivity contribution in [3.05, 3.63) is 51.8 Å². The Bertz CT molecular complexity index is 738. The van der Waals surface area contributed by atoms with Crippen LogP contribution >= 0.6 is 11.6 Å². The summed E-state index contributed by atoms with van der Waals surface area (Å²) in [5.74, 6) is -0.0923. The molecule has 1 aromatic heterocycles. The Balaban J connectivity index is 1.91. The molecule has 0 aliphatic carbocycles. The summed E-state index contributed by atoms with van der Waals surface area (Å²) in [5.41, 5.74) is 1.90. The van der Waals surface area contributed by atoms with Crippen LogP contribution in [0.1, 0.15) is 32.1 Å². The zero-order chi connectivity index (χ0) is 17.7. The van der Waals surface area contributed by atoms with Crippen molar-refractivity contribution in [1.82, 2.24) is 10.3 Å². The summed E-state index contributed by atoms with van der Waals surface area (Å²) in [4.78, 5) is 26.9. The van der Waals surface area contributed by atoms with E-state index < -0.39 is 5.97 Å². The van der Waals surface area contributed by atoms with Crippen molar-refractivity contribution >= 4 is 23.5 Å². The maximum absolute atomic E-state index is 12.2. The number of carbonyl (C=O) groups excluding carboxylic acids is 2. The summed E-state index contributed by atoms with van der Waals surface area (Å²) < 4.78 is 10.2. The van der Waals surface area contributed by atoms with Gasteiger partial charge >= 0.3 is 5.97 Å². The molecule has 0 aliphatic heterocycles. The minimum Gasteiger partial charge on any atom is -0.492 e. The van der Waals surface area contributed by atoms with Gasteiger partial charge in [0.2, 0.25) is 0 Å². The summed E-state index contributed by atoms with van der Waals surface area (Å²) in [6.45, 7) is 4.07. The van der Waals surface area contributed by atoms with Gasteiger partial charge in [-0.2, -0.15) is 0 Å². The fourth-order valence-electron chi connectivity index (χ4n) is 2.34. The van der Waals surface area contributed by atoms with Gasteiger partial charge in [-0.3, -0.25) is 4.79 Å². The smallest absolute Gasteiger partial charge is 0.339 e. The molecule has 1 amide bonds. The molecule has 0 atom stereocenters. The lowest BCUT2D eigenvalue weighted by molar-refractivity contribution is 0.0599. The van der Waals surface area contributed by atoms with Crippen molar-refractivity contribution in [2.24, 2.45) is 0 Å². The van der Waals surface area contributed by atoms with Crippen LogP contribution in [0.25, 0.3) is 0 Å². The fourth-order valence-corrected chi connectivity index (χ4v) is 2.46. The zero-order valence-electron chi connectivity index (χ0n) is 13.7. The van der Waals surface area contributed by atoms with Crippen LogP contribution in [0.3, 0.4) is 0 Å². The van der Waals surface area contributed by atoms with E-state index in [1.807, 2.05) is 0 Å². The Morgan fingerprint density at radius 3 is 2.50 bits per heavy atom. The van der Waals surface area contributed by atoms with E-state index in [0.717, 1.165) is 0 Å². The number of aromatic amines is 1. The summed E-state index contributed by atoms with van der Waals surface area (Å²) in [7, 11) is 1.31. The minimum absolute atomic E-state index is 0.301. The van der Waals surface area contributed by atoms with Crippen molar-refractivity contribution in [3.63, 3.8) is 0 Å². The van der Waals surface area contributed by atoms with E-state index >= 15 is 0 Å². The van der Waals surface area contributed by atoms with Crippen LogP contribution in [0, 0.1) is 13.8 Å². The number of ether oxygens (including phenoxy) is 2. The third-order valence-electron chi connectivity index (χ3n) is 3.52. The molecule has 2 aromatic rings. The Kier molecular flexibility index (Phi) is 5.87. The van der Waals surface area contributed by atoms with E-state index in [-0.39, 0.29) is 5.91 Å². The van der Waals surface area contributed by atoms with Crippen LogP contribution < -0.4 is 10.1 Å². The topological polar surface area (TPSA) is 80.4 Å². The lowest BCUT2D eigenvalue weighted by Gasteiger charge is -2.08. The van der Waals surface area contributed by atoms with Crippen LogP contribution in [0.2, 0.25) is 5.02 Å². The van der Waals surface area contributed by atoms with Gasteiger partial charge in [-0.1, -0.05) is 11.6 Å². The normalized spacial score (nSPS) is 10.3. The Labute approximate surface area is 145 Å². The van der Waals surface area contributed by atoms with E-state index in [1.54, 1.807) is 38.1 Å². The van der Waals surface area contributed by atoms with Crippen molar-refractivity contribution in [3.8, 4) is 5.75 Å².